The van der Waals surface area contributed by atoms with Crippen LogP contribution in [0.3, 0.4) is 0 Å². The number of rotatable bonds is 6. The third kappa shape index (κ3) is 6.66. The molecule has 0 bridgehead atoms. The van der Waals surface area contributed by atoms with Gasteiger partial charge in [-0.3, -0.25) is 10.1 Å². The fourth-order valence-electron chi connectivity index (χ4n) is 7.73. The highest BCUT2D eigenvalue weighted by molar-refractivity contribution is 7.13. The molecule has 2 aliphatic rings. The largest absolute Gasteiger partial charge is 0.281 e. The van der Waals surface area contributed by atoms with Crippen LogP contribution >= 0.6 is 11.3 Å². The van der Waals surface area contributed by atoms with Crippen LogP contribution in [-0.2, 0) is 18.3 Å². The van der Waals surface area contributed by atoms with Crippen molar-refractivity contribution in [2.24, 2.45) is 0 Å². The molecule has 0 fully saturated rings. The highest BCUT2D eigenvalue weighted by Gasteiger charge is 2.37. The Bertz CT molecular complexity index is 2630. The van der Waals surface area contributed by atoms with Crippen LogP contribution in [0.2, 0.25) is 0 Å². The number of H-pyrrole nitrogens is 1. The number of hydrogen-bond acceptors (Lipinski definition) is 4. The standard InChI is InChI=1S/C24H18FN3.C23H17FN2S/c25-20-8-4-7-19(15-20)24(18-5-2-1-3-6-18)12-9-21-22(16-24)27-28-23(21)17-10-13-26-14-11-17;24-18-8-4-9-19(15-18)26-21-14-17(16-6-2-1-3-7-16)11-12-20(21)23(25-26)22-10-5-13-27-22/h1-15H,16H2,(H,27,28);1-13,15,17H,14H2. The van der Waals surface area contributed by atoms with Crippen molar-refractivity contribution in [3.63, 3.8) is 0 Å². The van der Waals surface area contributed by atoms with Crippen molar-refractivity contribution in [3.05, 3.63) is 214 Å². The van der Waals surface area contributed by atoms with E-state index in [2.05, 4.69) is 87.3 Å². The summed E-state index contributed by atoms with van der Waals surface area (Å²) in [6, 6.07) is 42.3. The summed E-state index contributed by atoms with van der Waals surface area (Å²) < 4.78 is 29.8. The van der Waals surface area contributed by atoms with E-state index in [0.29, 0.717) is 12.3 Å². The van der Waals surface area contributed by atoms with Crippen molar-refractivity contribution in [1.82, 2.24) is 25.0 Å². The lowest BCUT2D eigenvalue weighted by molar-refractivity contribution is 0.594. The zero-order valence-electron chi connectivity index (χ0n) is 29.7. The summed E-state index contributed by atoms with van der Waals surface area (Å²) in [6.45, 7) is 0. The Morgan fingerprint density at radius 1 is 0.709 bits per heavy atom. The molecular formula is C47H35F2N5S. The predicted octanol–water partition coefficient (Wildman–Crippen LogP) is 11.3. The van der Waals surface area contributed by atoms with E-state index >= 15 is 0 Å². The Hall–Kier alpha value is -6.51. The Balaban J connectivity index is 0.000000144. The van der Waals surface area contributed by atoms with E-state index in [-0.39, 0.29) is 11.6 Å². The molecule has 5 nitrogen and oxygen atoms in total. The molecule has 1 N–H and O–H groups in total. The van der Waals surface area contributed by atoms with Gasteiger partial charge in [-0.25, -0.2) is 13.5 Å². The number of halogens is 2. The third-order valence-corrected chi connectivity index (χ3v) is 11.3. The number of fused-ring (bicyclic) bond motifs is 2. The van der Waals surface area contributed by atoms with Gasteiger partial charge in [-0.05, 0) is 70.6 Å². The van der Waals surface area contributed by atoms with E-state index in [0.717, 1.165) is 67.6 Å². The summed E-state index contributed by atoms with van der Waals surface area (Å²) in [6.07, 6.45) is 13.8. The number of allylic oxidation sites excluding steroid dienone is 2. The average molecular weight is 740 g/mol. The summed E-state index contributed by atoms with van der Waals surface area (Å²) in [5.74, 6) is -0.187. The average Bonchev–Trinajstić information content (AvgIpc) is 4.01. The van der Waals surface area contributed by atoms with E-state index in [1.807, 2.05) is 59.3 Å². The number of thiophene rings is 1. The van der Waals surface area contributed by atoms with E-state index < -0.39 is 5.41 Å². The molecule has 0 aliphatic heterocycles. The molecule has 0 spiro atoms. The van der Waals surface area contributed by atoms with E-state index in [9.17, 15) is 8.78 Å². The minimum absolute atomic E-state index is 0.228. The van der Waals surface area contributed by atoms with Crippen LogP contribution in [-0.4, -0.2) is 25.0 Å². The highest BCUT2D eigenvalue weighted by atomic mass is 32.1. The lowest BCUT2D eigenvalue weighted by atomic mass is 9.68. The van der Waals surface area contributed by atoms with E-state index in [4.69, 9.17) is 5.10 Å². The summed E-state index contributed by atoms with van der Waals surface area (Å²) in [5.41, 5.74) is 10.9. The first-order valence-corrected chi connectivity index (χ1v) is 19.1. The van der Waals surface area contributed by atoms with E-state index in [1.165, 1.54) is 17.7 Å². The molecule has 4 aromatic carbocycles. The fourth-order valence-corrected chi connectivity index (χ4v) is 8.45. The van der Waals surface area contributed by atoms with Crippen molar-refractivity contribution in [2.45, 2.75) is 24.2 Å². The zero-order chi connectivity index (χ0) is 37.2. The maximum Gasteiger partial charge on any atom is 0.125 e. The SMILES string of the molecule is Fc1cccc(-n2nc(-c3cccs3)c3c2CC(c2ccccc2)C=C3)c1.Fc1cccc(C2(c3ccccc3)C=Cc3c(-c4ccncc4)n[nH]c3C2)c1. The van der Waals surface area contributed by atoms with Gasteiger partial charge in [-0.1, -0.05) is 109 Å². The molecule has 0 saturated heterocycles. The van der Waals surface area contributed by atoms with Gasteiger partial charge < -0.3 is 0 Å². The molecule has 0 saturated carbocycles. The van der Waals surface area contributed by atoms with Gasteiger partial charge in [-0.2, -0.15) is 10.2 Å². The maximum atomic E-state index is 14.1. The Labute approximate surface area is 322 Å². The van der Waals surface area contributed by atoms with Crippen LogP contribution in [0, 0.1) is 11.6 Å². The monoisotopic (exact) mass is 739 g/mol. The normalized spacial score (nSPS) is 16.9. The first kappa shape index (κ1) is 34.3. The molecule has 2 aliphatic carbocycles. The van der Waals surface area contributed by atoms with Gasteiger partial charge in [0.1, 0.15) is 17.3 Å². The minimum Gasteiger partial charge on any atom is -0.281 e. The van der Waals surface area contributed by atoms with Crippen molar-refractivity contribution in [3.8, 4) is 27.5 Å². The first-order chi connectivity index (χ1) is 27.1. The summed E-state index contributed by atoms with van der Waals surface area (Å²) in [5, 5.41) is 14.7. The second-order valence-corrected chi connectivity index (χ2v) is 14.7. The highest BCUT2D eigenvalue weighted by Crippen LogP contribution is 2.43. The Kier molecular flexibility index (Phi) is 9.17. The topological polar surface area (TPSA) is 59.4 Å². The van der Waals surface area contributed by atoms with Crippen molar-refractivity contribution in [1.29, 1.82) is 0 Å². The smallest absolute Gasteiger partial charge is 0.125 e. The van der Waals surface area contributed by atoms with E-state index in [1.54, 1.807) is 48.0 Å². The minimum atomic E-state index is -0.446. The number of hydrogen-bond donors (Lipinski definition) is 1. The number of benzene rings is 4. The number of aromatic amines is 1. The molecule has 10 rings (SSSR count). The molecule has 0 radical (unpaired) electrons. The molecule has 8 aromatic rings. The molecule has 2 unspecified atom stereocenters. The van der Waals surface area contributed by atoms with Crippen LogP contribution in [0.15, 0.2) is 163 Å². The van der Waals surface area contributed by atoms with Gasteiger partial charge >= 0.3 is 0 Å². The number of pyridine rings is 1. The first-order valence-electron chi connectivity index (χ1n) is 18.2. The second kappa shape index (κ2) is 14.7. The number of nitrogens with one attached hydrogen (secondary N) is 1. The molecular weight excluding hydrogens is 705 g/mol. The third-order valence-electron chi connectivity index (χ3n) is 10.4. The predicted molar refractivity (Wildman–Crippen MR) is 217 cm³/mol. The summed E-state index contributed by atoms with van der Waals surface area (Å²) in [4.78, 5) is 5.22. The maximum absolute atomic E-state index is 14.1. The lowest BCUT2D eigenvalue weighted by Crippen LogP contribution is -2.30. The molecule has 4 aromatic heterocycles. The molecule has 8 heteroatoms. The fraction of sp³-hybridized carbons (Fsp3) is 0.0851. The van der Waals surface area contributed by atoms with Crippen LogP contribution in [0.5, 0.6) is 0 Å². The molecule has 268 valence electrons. The lowest BCUT2D eigenvalue weighted by Gasteiger charge is -2.34. The summed E-state index contributed by atoms with van der Waals surface area (Å²) >= 11 is 1.67. The van der Waals surface area contributed by atoms with Crippen LogP contribution < -0.4 is 0 Å². The Morgan fingerprint density at radius 2 is 1.45 bits per heavy atom. The molecule has 0 amide bonds. The molecule has 55 heavy (non-hydrogen) atoms. The van der Waals surface area contributed by atoms with Crippen LogP contribution in [0.1, 0.15) is 45.1 Å². The molecule has 4 heterocycles. The van der Waals surface area contributed by atoms with Crippen LogP contribution in [0.25, 0.3) is 39.7 Å². The second-order valence-electron chi connectivity index (χ2n) is 13.7. The van der Waals surface area contributed by atoms with Gasteiger partial charge in [0, 0.05) is 59.0 Å². The number of aromatic nitrogens is 5. The van der Waals surface area contributed by atoms with Gasteiger partial charge in [0.15, 0.2) is 0 Å². The van der Waals surface area contributed by atoms with Gasteiger partial charge in [0.2, 0.25) is 0 Å². The van der Waals surface area contributed by atoms with Gasteiger partial charge in [0.25, 0.3) is 0 Å². The summed E-state index contributed by atoms with van der Waals surface area (Å²) in [7, 11) is 0. The van der Waals surface area contributed by atoms with Crippen molar-refractivity contribution < 1.29 is 8.78 Å². The van der Waals surface area contributed by atoms with Crippen LogP contribution in [0.4, 0.5) is 8.78 Å². The molecule has 2 atom stereocenters. The van der Waals surface area contributed by atoms with Gasteiger partial charge in [-0.15, -0.1) is 11.3 Å². The van der Waals surface area contributed by atoms with Gasteiger partial charge in [0.05, 0.1) is 22.0 Å². The number of nitrogens with zero attached hydrogens (tertiary/aromatic N) is 4. The Morgan fingerprint density at radius 3 is 2.20 bits per heavy atom. The van der Waals surface area contributed by atoms with Crippen molar-refractivity contribution >= 4 is 23.5 Å². The van der Waals surface area contributed by atoms with Crippen molar-refractivity contribution in [2.75, 3.05) is 0 Å². The zero-order valence-corrected chi connectivity index (χ0v) is 30.5. The quantitative estimate of drug-likeness (QED) is 0.185.